The van der Waals surface area contributed by atoms with Crippen LogP contribution >= 0.6 is 0 Å². The SMILES string of the molecule is O=C(NCC#Cc1c[n+]([O-])ccc1[N+](=O)[O-])OCC1c2ccccc2-c2ccccc21. The number of ether oxygens (including phenoxy) is 1. The molecule has 0 bridgehead atoms. The molecule has 8 nitrogen and oxygen atoms in total. The van der Waals surface area contributed by atoms with Gasteiger partial charge in [0.15, 0.2) is 11.8 Å². The third-order valence-electron chi connectivity index (χ3n) is 5.00. The van der Waals surface area contributed by atoms with E-state index in [1.54, 1.807) is 0 Å². The second kappa shape index (κ2) is 8.55. The number of nitro groups is 1. The monoisotopic (exact) mass is 415 g/mol. The Morgan fingerprint density at radius 2 is 1.74 bits per heavy atom. The number of nitrogens with one attached hydrogen (secondary N) is 1. The largest absolute Gasteiger partial charge is 0.619 e. The van der Waals surface area contributed by atoms with Crippen molar-refractivity contribution in [3.63, 3.8) is 0 Å². The van der Waals surface area contributed by atoms with Crippen LogP contribution in [-0.4, -0.2) is 24.2 Å². The quantitative estimate of drug-likeness (QED) is 0.232. The van der Waals surface area contributed by atoms with Crippen LogP contribution in [0.3, 0.4) is 0 Å². The van der Waals surface area contributed by atoms with Gasteiger partial charge >= 0.3 is 6.09 Å². The summed E-state index contributed by atoms with van der Waals surface area (Å²) >= 11 is 0. The molecule has 0 unspecified atom stereocenters. The van der Waals surface area contributed by atoms with Crippen molar-refractivity contribution in [1.82, 2.24) is 5.32 Å². The van der Waals surface area contributed by atoms with Crippen molar-refractivity contribution in [3.05, 3.63) is 99.0 Å². The van der Waals surface area contributed by atoms with Crippen LogP contribution in [-0.2, 0) is 4.74 Å². The normalized spacial score (nSPS) is 11.6. The van der Waals surface area contributed by atoms with E-state index in [0.717, 1.165) is 40.7 Å². The Labute approximate surface area is 177 Å². The number of carbonyl (C=O) groups excluding carboxylic acids is 1. The lowest BCUT2D eigenvalue weighted by Crippen LogP contribution is -2.26. The molecule has 0 aliphatic heterocycles. The van der Waals surface area contributed by atoms with E-state index in [0.29, 0.717) is 4.73 Å². The summed E-state index contributed by atoms with van der Waals surface area (Å²) < 4.78 is 5.82. The number of hydrogen-bond acceptors (Lipinski definition) is 5. The Balaban J connectivity index is 1.37. The molecule has 0 radical (unpaired) electrons. The second-order valence-corrected chi connectivity index (χ2v) is 6.84. The number of carbonyl (C=O) groups is 1. The molecule has 0 saturated carbocycles. The summed E-state index contributed by atoms with van der Waals surface area (Å²) in [6.45, 7) is 0.0925. The highest BCUT2D eigenvalue weighted by Gasteiger charge is 2.28. The first-order valence-corrected chi connectivity index (χ1v) is 9.49. The fourth-order valence-electron chi connectivity index (χ4n) is 3.63. The van der Waals surface area contributed by atoms with Gasteiger partial charge in [0, 0.05) is 5.92 Å². The van der Waals surface area contributed by atoms with Crippen LogP contribution in [0.4, 0.5) is 10.5 Å². The van der Waals surface area contributed by atoms with Crippen LogP contribution in [0.2, 0.25) is 0 Å². The maximum Gasteiger partial charge on any atom is 0.407 e. The van der Waals surface area contributed by atoms with Gasteiger partial charge in [-0.3, -0.25) is 10.1 Å². The van der Waals surface area contributed by atoms with Crippen LogP contribution in [0.1, 0.15) is 22.6 Å². The Kier molecular flexibility index (Phi) is 5.49. The summed E-state index contributed by atoms with van der Waals surface area (Å²) in [6.07, 6.45) is 1.40. The molecule has 1 aliphatic rings. The van der Waals surface area contributed by atoms with Crippen LogP contribution in [0.5, 0.6) is 0 Å². The summed E-state index contributed by atoms with van der Waals surface area (Å²) in [6, 6.07) is 17.1. The highest BCUT2D eigenvalue weighted by atomic mass is 16.6. The molecule has 1 heterocycles. The van der Waals surface area contributed by atoms with E-state index >= 15 is 0 Å². The molecule has 2 aromatic carbocycles. The highest BCUT2D eigenvalue weighted by Crippen LogP contribution is 2.44. The molecule has 0 saturated heterocycles. The molecule has 1 aromatic heterocycles. The van der Waals surface area contributed by atoms with E-state index in [1.165, 1.54) is 0 Å². The first-order chi connectivity index (χ1) is 15.0. The third-order valence-corrected chi connectivity index (χ3v) is 5.00. The van der Waals surface area contributed by atoms with Gasteiger partial charge in [0.2, 0.25) is 6.20 Å². The van der Waals surface area contributed by atoms with Gasteiger partial charge in [-0.25, -0.2) is 4.79 Å². The second-order valence-electron chi connectivity index (χ2n) is 6.84. The number of amides is 1. The number of hydrogen-bond donors (Lipinski definition) is 1. The molecular weight excluding hydrogens is 398 g/mol. The number of aromatic nitrogens is 1. The summed E-state index contributed by atoms with van der Waals surface area (Å²) in [5.74, 6) is 5.07. The maximum atomic E-state index is 12.1. The molecular formula is C23H17N3O5. The molecule has 4 rings (SSSR count). The number of nitrogens with zero attached hydrogens (tertiary/aromatic N) is 2. The van der Waals surface area contributed by atoms with Crippen molar-refractivity contribution < 1.29 is 19.2 Å². The summed E-state index contributed by atoms with van der Waals surface area (Å²) in [4.78, 5) is 22.5. The van der Waals surface area contributed by atoms with Crippen molar-refractivity contribution in [2.45, 2.75) is 5.92 Å². The third kappa shape index (κ3) is 4.16. The van der Waals surface area contributed by atoms with Crippen molar-refractivity contribution in [2.24, 2.45) is 0 Å². The van der Waals surface area contributed by atoms with E-state index in [9.17, 15) is 20.1 Å². The first kappa shape index (κ1) is 19.9. The van der Waals surface area contributed by atoms with Gasteiger partial charge < -0.3 is 15.3 Å². The van der Waals surface area contributed by atoms with Gasteiger partial charge in [-0.05, 0) is 22.3 Å². The van der Waals surface area contributed by atoms with Crippen LogP contribution in [0.25, 0.3) is 11.1 Å². The Bertz CT molecular complexity index is 1180. The summed E-state index contributed by atoms with van der Waals surface area (Å²) in [5.41, 5.74) is 4.19. The molecule has 0 fully saturated rings. The fourth-order valence-corrected chi connectivity index (χ4v) is 3.63. The zero-order chi connectivity index (χ0) is 21.8. The van der Waals surface area contributed by atoms with Crippen LogP contribution in [0, 0.1) is 27.2 Å². The molecule has 154 valence electrons. The molecule has 8 heteroatoms. The zero-order valence-electron chi connectivity index (χ0n) is 16.3. The van der Waals surface area contributed by atoms with Gasteiger partial charge in [-0.1, -0.05) is 60.4 Å². The molecule has 1 N–H and O–H groups in total. The van der Waals surface area contributed by atoms with E-state index < -0.39 is 11.0 Å². The number of rotatable bonds is 4. The predicted octanol–water partition coefficient (Wildman–Crippen LogP) is 3.12. The molecule has 0 atom stereocenters. The number of benzene rings is 2. The molecule has 1 amide bonds. The van der Waals surface area contributed by atoms with Crippen LogP contribution in [0.15, 0.2) is 67.0 Å². The van der Waals surface area contributed by atoms with Crippen molar-refractivity contribution in [2.75, 3.05) is 13.2 Å². The van der Waals surface area contributed by atoms with E-state index in [-0.39, 0.29) is 30.3 Å². The Morgan fingerprint density at radius 1 is 1.10 bits per heavy atom. The van der Waals surface area contributed by atoms with Gasteiger partial charge in [0.05, 0.1) is 17.5 Å². The van der Waals surface area contributed by atoms with Crippen LogP contribution < -0.4 is 10.0 Å². The lowest BCUT2D eigenvalue weighted by atomic mass is 9.98. The lowest BCUT2D eigenvalue weighted by Gasteiger charge is -2.14. The van der Waals surface area contributed by atoms with Gasteiger partial charge in [-0.15, -0.1) is 0 Å². The standard InChI is InChI=1S/C23H17N3O5/c27-23(24-12-5-6-16-14-25(28)13-11-22(16)26(29)30)31-15-21-19-9-3-1-7-17(19)18-8-2-4-10-20(18)21/h1-4,7-11,13-14,21H,12,15H2,(H,24,27). The molecule has 31 heavy (non-hydrogen) atoms. The van der Waals surface area contributed by atoms with Gasteiger partial charge in [0.25, 0.3) is 5.69 Å². The Hall–Kier alpha value is -4.38. The minimum Gasteiger partial charge on any atom is -0.619 e. The number of pyridine rings is 1. The van der Waals surface area contributed by atoms with Gasteiger partial charge in [-0.2, -0.15) is 4.73 Å². The predicted molar refractivity (Wildman–Crippen MR) is 112 cm³/mol. The van der Waals surface area contributed by atoms with E-state index in [2.05, 4.69) is 29.3 Å². The van der Waals surface area contributed by atoms with Crippen molar-refractivity contribution in [3.8, 4) is 23.0 Å². The Morgan fingerprint density at radius 3 is 2.39 bits per heavy atom. The number of fused-ring (bicyclic) bond motifs is 3. The average Bonchev–Trinajstić information content (AvgIpc) is 3.09. The first-order valence-electron chi connectivity index (χ1n) is 9.49. The zero-order valence-corrected chi connectivity index (χ0v) is 16.3. The molecule has 3 aromatic rings. The highest BCUT2D eigenvalue weighted by molar-refractivity contribution is 5.79. The lowest BCUT2D eigenvalue weighted by molar-refractivity contribution is -0.606. The van der Waals surface area contributed by atoms with E-state index in [1.807, 2.05) is 36.4 Å². The maximum absolute atomic E-state index is 12.1. The molecule has 1 aliphatic carbocycles. The fraction of sp³-hybridized carbons (Fsp3) is 0.130. The summed E-state index contributed by atoms with van der Waals surface area (Å²) in [7, 11) is 0. The minimum atomic E-state index is -0.641. The van der Waals surface area contributed by atoms with Gasteiger partial charge in [0.1, 0.15) is 6.61 Å². The van der Waals surface area contributed by atoms with E-state index in [4.69, 9.17) is 4.74 Å². The molecule has 0 spiro atoms. The topological polar surface area (TPSA) is 108 Å². The van der Waals surface area contributed by atoms with Crippen molar-refractivity contribution >= 4 is 11.8 Å². The summed E-state index contributed by atoms with van der Waals surface area (Å²) in [5, 5.41) is 24.8. The minimum absolute atomic E-state index is 0.0307. The van der Waals surface area contributed by atoms with Crippen molar-refractivity contribution in [1.29, 1.82) is 0 Å². The average molecular weight is 415 g/mol. The number of alkyl carbamates (subject to hydrolysis) is 1. The smallest absolute Gasteiger partial charge is 0.407 e.